The molecule has 1 atom stereocenters. The van der Waals surface area contributed by atoms with E-state index in [1.807, 2.05) is 0 Å². The van der Waals surface area contributed by atoms with Crippen molar-refractivity contribution in [2.75, 3.05) is 32.7 Å². The van der Waals surface area contributed by atoms with Gasteiger partial charge in [0.2, 0.25) is 5.91 Å². The highest BCUT2D eigenvalue weighted by Gasteiger charge is 2.42. The van der Waals surface area contributed by atoms with Crippen LogP contribution in [0, 0.1) is 5.41 Å². The van der Waals surface area contributed by atoms with E-state index in [1.54, 1.807) is 11.0 Å². The Hall–Kier alpha value is -2.28. The number of amides is 1. The average molecular weight is 368 g/mol. The van der Waals surface area contributed by atoms with Crippen LogP contribution in [0.2, 0.25) is 0 Å². The van der Waals surface area contributed by atoms with E-state index < -0.39 is 0 Å². The van der Waals surface area contributed by atoms with Crippen LogP contribution < -0.4 is 0 Å². The zero-order chi connectivity index (χ0) is 18.5. The molecule has 0 saturated carbocycles. The molecule has 2 saturated heterocycles. The molecule has 2 fully saturated rings. The van der Waals surface area contributed by atoms with E-state index in [0.717, 1.165) is 39.0 Å². The van der Waals surface area contributed by atoms with E-state index in [-0.39, 0.29) is 5.91 Å². The largest absolute Gasteiger partial charge is 0.342 e. The lowest BCUT2D eigenvalue weighted by Gasteiger charge is -2.40. The zero-order valence-electron chi connectivity index (χ0n) is 15.8. The van der Waals surface area contributed by atoms with Crippen molar-refractivity contribution < 1.29 is 4.79 Å². The van der Waals surface area contributed by atoms with Gasteiger partial charge in [-0.1, -0.05) is 30.3 Å². The zero-order valence-corrected chi connectivity index (χ0v) is 15.8. The minimum atomic E-state index is 0.226. The van der Waals surface area contributed by atoms with Crippen LogP contribution in [0.5, 0.6) is 0 Å². The molecule has 0 aliphatic carbocycles. The summed E-state index contributed by atoms with van der Waals surface area (Å²) in [7, 11) is 0. The number of piperidine rings is 1. The monoisotopic (exact) mass is 368 g/mol. The van der Waals surface area contributed by atoms with Crippen molar-refractivity contribution in [3.8, 4) is 0 Å². The Balaban J connectivity index is 1.27. The lowest BCUT2D eigenvalue weighted by Crippen LogP contribution is -2.46. The van der Waals surface area contributed by atoms with Gasteiger partial charge >= 0.3 is 0 Å². The second-order valence-electron chi connectivity index (χ2n) is 8.00. The van der Waals surface area contributed by atoms with E-state index in [0.29, 0.717) is 18.4 Å². The molecule has 0 radical (unpaired) electrons. The average Bonchev–Trinajstić information content (AvgIpc) is 3.36. The number of nitrogens with zero attached hydrogens (tertiary/aromatic N) is 6. The smallest absolute Gasteiger partial charge is 0.224 e. The molecule has 0 N–H and O–H groups in total. The molecule has 2 aliphatic rings. The summed E-state index contributed by atoms with van der Waals surface area (Å²) >= 11 is 0. The molecule has 1 aromatic carbocycles. The van der Waals surface area contributed by atoms with Crippen molar-refractivity contribution in [3.63, 3.8) is 0 Å². The van der Waals surface area contributed by atoms with Crippen LogP contribution in [0.3, 0.4) is 0 Å². The van der Waals surface area contributed by atoms with Crippen molar-refractivity contribution in [1.82, 2.24) is 30.0 Å². The van der Waals surface area contributed by atoms with Gasteiger partial charge in [0.15, 0.2) is 0 Å². The van der Waals surface area contributed by atoms with Crippen LogP contribution in [0.25, 0.3) is 0 Å². The van der Waals surface area contributed by atoms with Gasteiger partial charge in [0.25, 0.3) is 0 Å². The molecule has 7 heteroatoms. The molecule has 2 aliphatic heterocycles. The molecule has 2 aromatic rings. The SMILES string of the molecule is O=C(CCn1cnnn1)N1CCC2(CCCN(CCc3ccccc3)C2)C1. The Morgan fingerprint density at radius 3 is 2.78 bits per heavy atom. The highest BCUT2D eigenvalue weighted by molar-refractivity contribution is 5.76. The Kier molecular flexibility index (Phi) is 5.48. The lowest BCUT2D eigenvalue weighted by molar-refractivity contribution is -0.131. The summed E-state index contributed by atoms with van der Waals surface area (Å²) in [5, 5.41) is 11.1. The van der Waals surface area contributed by atoms with Crippen LogP contribution >= 0.6 is 0 Å². The van der Waals surface area contributed by atoms with Crippen LogP contribution in [0.15, 0.2) is 36.7 Å². The van der Waals surface area contributed by atoms with Crippen molar-refractivity contribution in [2.45, 2.75) is 38.6 Å². The Morgan fingerprint density at radius 2 is 1.96 bits per heavy atom. The molecule has 0 bridgehead atoms. The first-order valence-electron chi connectivity index (χ1n) is 9.97. The third-order valence-electron chi connectivity index (χ3n) is 6.04. The first-order valence-corrected chi connectivity index (χ1v) is 9.97. The fourth-order valence-corrected chi connectivity index (χ4v) is 4.57. The van der Waals surface area contributed by atoms with Crippen LogP contribution in [-0.4, -0.2) is 68.6 Å². The number of hydrogen-bond acceptors (Lipinski definition) is 5. The van der Waals surface area contributed by atoms with Gasteiger partial charge in [-0.15, -0.1) is 5.10 Å². The number of tetrazole rings is 1. The fraction of sp³-hybridized carbons (Fsp3) is 0.600. The van der Waals surface area contributed by atoms with Gasteiger partial charge in [-0.3, -0.25) is 4.79 Å². The molecule has 1 unspecified atom stereocenters. The second kappa shape index (κ2) is 8.17. The minimum absolute atomic E-state index is 0.226. The molecular formula is C20H28N6O. The first-order chi connectivity index (χ1) is 13.2. The predicted molar refractivity (Wildman–Crippen MR) is 102 cm³/mol. The highest BCUT2D eigenvalue weighted by Crippen LogP contribution is 2.39. The van der Waals surface area contributed by atoms with E-state index in [1.165, 1.54) is 24.9 Å². The van der Waals surface area contributed by atoms with Gasteiger partial charge in [0.1, 0.15) is 6.33 Å². The predicted octanol–water partition coefficient (Wildman–Crippen LogP) is 1.62. The number of benzene rings is 1. The minimum Gasteiger partial charge on any atom is -0.342 e. The topological polar surface area (TPSA) is 67.2 Å². The highest BCUT2D eigenvalue weighted by atomic mass is 16.2. The molecule has 144 valence electrons. The van der Waals surface area contributed by atoms with E-state index in [4.69, 9.17) is 0 Å². The maximum absolute atomic E-state index is 12.6. The van der Waals surface area contributed by atoms with Gasteiger partial charge in [-0.25, -0.2) is 4.68 Å². The van der Waals surface area contributed by atoms with Gasteiger partial charge in [-0.2, -0.15) is 0 Å². The molecule has 3 heterocycles. The normalized spacial score (nSPS) is 23.2. The number of carbonyl (C=O) groups is 1. The summed E-state index contributed by atoms with van der Waals surface area (Å²) < 4.78 is 1.62. The number of likely N-dealkylation sites (tertiary alicyclic amines) is 2. The summed E-state index contributed by atoms with van der Waals surface area (Å²) in [5.41, 5.74) is 1.70. The summed E-state index contributed by atoms with van der Waals surface area (Å²) in [5.74, 6) is 0.226. The molecular weight excluding hydrogens is 340 g/mol. The molecule has 7 nitrogen and oxygen atoms in total. The lowest BCUT2D eigenvalue weighted by atomic mass is 9.79. The molecule has 27 heavy (non-hydrogen) atoms. The van der Waals surface area contributed by atoms with Crippen molar-refractivity contribution in [1.29, 1.82) is 0 Å². The van der Waals surface area contributed by atoms with Crippen LogP contribution in [0.4, 0.5) is 0 Å². The van der Waals surface area contributed by atoms with Gasteiger partial charge in [-0.05, 0) is 48.2 Å². The first kappa shape index (κ1) is 18.1. The van der Waals surface area contributed by atoms with Crippen molar-refractivity contribution in [2.24, 2.45) is 5.41 Å². The van der Waals surface area contributed by atoms with E-state index in [9.17, 15) is 4.79 Å². The summed E-state index contributed by atoms with van der Waals surface area (Å²) in [6.45, 7) is 5.76. The number of hydrogen-bond donors (Lipinski definition) is 0. The number of aromatic nitrogens is 4. The standard InChI is InChI=1S/C20H28N6O/c27-19(8-13-26-17-21-22-23-26)25-14-10-20(16-25)9-4-11-24(15-20)12-7-18-5-2-1-3-6-18/h1-3,5-6,17H,4,7-16H2. The van der Waals surface area contributed by atoms with Gasteiger partial charge < -0.3 is 9.80 Å². The number of aryl methyl sites for hydroxylation is 1. The van der Waals surface area contributed by atoms with Crippen LogP contribution in [0.1, 0.15) is 31.2 Å². The maximum Gasteiger partial charge on any atom is 0.224 e. The molecule has 1 amide bonds. The third-order valence-corrected chi connectivity index (χ3v) is 6.04. The molecule has 1 aromatic heterocycles. The fourth-order valence-electron chi connectivity index (χ4n) is 4.57. The second-order valence-corrected chi connectivity index (χ2v) is 8.00. The Labute approximate surface area is 160 Å². The quantitative estimate of drug-likeness (QED) is 0.775. The van der Waals surface area contributed by atoms with E-state index in [2.05, 4.69) is 55.7 Å². The third kappa shape index (κ3) is 4.53. The van der Waals surface area contributed by atoms with E-state index >= 15 is 0 Å². The number of carbonyl (C=O) groups excluding carboxylic acids is 1. The Morgan fingerprint density at radius 1 is 1.07 bits per heavy atom. The summed E-state index contributed by atoms with van der Waals surface area (Å²) in [6.07, 6.45) is 6.74. The number of rotatable bonds is 6. The maximum atomic E-state index is 12.6. The summed E-state index contributed by atoms with van der Waals surface area (Å²) in [4.78, 5) is 17.3. The van der Waals surface area contributed by atoms with Crippen molar-refractivity contribution in [3.05, 3.63) is 42.2 Å². The van der Waals surface area contributed by atoms with Crippen LogP contribution in [-0.2, 0) is 17.8 Å². The Bertz CT molecular complexity index is 734. The van der Waals surface area contributed by atoms with Gasteiger partial charge in [0, 0.05) is 38.0 Å². The molecule has 1 spiro atoms. The summed E-state index contributed by atoms with van der Waals surface area (Å²) in [6, 6.07) is 10.7. The molecule has 4 rings (SSSR count). The van der Waals surface area contributed by atoms with Gasteiger partial charge in [0.05, 0.1) is 6.54 Å². The van der Waals surface area contributed by atoms with Crippen molar-refractivity contribution >= 4 is 5.91 Å².